The molecular weight excluding hydrogens is 260 g/mol. The number of hydrogen-bond donors (Lipinski definition) is 1. The van der Waals surface area contributed by atoms with Gasteiger partial charge in [0.05, 0.1) is 0 Å². The van der Waals surface area contributed by atoms with Crippen LogP contribution in [0.15, 0.2) is 6.20 Å². The molecule has 1 aliphatic rings. The smallest absolute Gasteiger partial charge is 0.129 e. The van der Waals surface area contributed by atoms with E-state index < -0.39 is 0 Å². The molecule has 2 rings (SSSR count). The zero-order valence-corrected chi connectivity index (χ0v) is 14.2. The van der Waals surface area contributed by atoms with E-state index in [-0.39, 0.29) is 0 Å². The molecule has 0 radical (unpaired) electrons. The number of fused-ring (bicyclic) bond motifs is 1. The third kappa shape index (κ3) is 4.01. The molecule has 1 aromatic rings. The van der Waals surface area contributed by atoms with Crippen molar-refractivity contribution in [3.63, 3.8) is 0 Å². The summed E-state index contributed by atoms with van der Waals surface area (Å²) in [5.74, 6) is 0.994. The van der Waals surface area contributed by atoms with Gasteiger partial charge in [-0.15, -0.1) is 0 Å². The van der Waals surface area contributed by atoms with Crippen LogP contribution in [0.1, 0.15) is 57.2 Å². The van der Waals surface area contributed by atoms with Gasteiger partial charge in [-0.2, -0.15) is 0 Å². The topological polar surface area (TPSA) is 41.1 Å². The lowest BCUT2D eigenvalue weighted by Gasteiger charge is -2.36. The van der Waals surface area contributed by atoms with Gasteiger partial charge in [-0.3, -0.25) is 0 Å². The highest BCUT2D eigenvalue weighted by atomic mass is 15.1. The molecule has 21 heavy (non-hydrogen) atoms. The van der Waals surface area contributed by atoms with E-state index in [1.54, 1.807) is 0 Å². The molecule has 0 saturated carbocycles. The maximum Gasteiger partial charge on any atom is 0.129 e. The first-order chi connectivity index (χ1) is 9.99. The molecule has 1 aromatic heterocycles. The molecule has 1 unspecified atom stereocenters. The van der Waals surface area contributed by atoms with E-state index in [0.29, 0.717) is 11.5 Å². The van der Waals surface area contributed by atoms with E-state index in [1.807, 2.05) is 7.05 Å². The lowest BCUT2D eigenvalue weighted by atomic mass is 9.74. The molecule has 0 fully saturated rings. The SMILES string of the molecule is CCN(CC)CCc1ncc2c(n1)CC(C)(C)CC2NC. The van der Waals surface area contributed by atoms with E-state index in [2.05, 4.69) is 49.1 Å². The Kier molecular flexibility index (Phi) is 5.33. The summed E-state index contributed by atoms with van der Waals surface area (Å²) in [7, 11) is 2.03. The van der Waals surface area contributed by atoms with E-state index in [9.17, 15) is 0 Å². The molecule has 4 heteroatoms. The van der Waals surface area contributed by atoms with Gasteiger partial charge in [0.1, 0.15) is 5.82 Å². The predicted octanol–water partition coefficient (Wildman–Crippen LogP) is 2.59. The highest BCUT2D eigenvalue weighted by Gasteiger charge is 2.32. The second-order valence-electron chi connectivity index (χ2n) is 6.85. The molecule has 118 valence electrons. The molecule has 1 aliphatic carbocycles. The fourth-order valence-corrected chi connectivity index (χ4v) is 3.26. The molecule has 1 heterocycles. The van der Waals surface area contributed by atoms with Crippen LogP contribution in [0.3, 0.4) is 0 Å². The van der Waals surface area contributed by atoms with Crippen molar-refractivity contribution in [1.82, 2.24) is 20.2 Å². The van der Waals surface area contributed by atoms with Gasteiger partial charge in [-0.05, 0) is 38.4 Å². The fourth-order valence-electron chi connectivity index (χ4n) is 3.26. The summed E-state index contributed by atoms with van der Waals surface area (Å²) in [6, 6.07) is 0.389. The van der Waals surface area contributed by atoms with Crippen molar-refractivity contribution in [2.45, 2.75) is 53.0 Å². The van der Waals surface area contributed by atoms with E-state index >= 15 is 0 Å². The number of hydrogen-bond acceptors (Lipinski definition) is 4. The molecule has 0 aromatic carbocycles. The Morgan fingerprint density at radius 2 is 2.05 bits per heavy atom. The van der Waals surface area contributed by atoms with Crippen LogP contribution in [0.25, 0.3) is 0 Å². The van der Waals surface area contributed by atoms with E-state index in [4.69, 9.17) is 4.98 Å². The van der Waals surface area contributed by atoms with Crippen LogP contribution < -0.4 is 5.32 Å². The molecule has 0 bridgehead atoms. The minimum atomic E-state index is 0.311. The maximum absolute atomic E-state index is 4.87. The Morgan fingerprint density at radius 1 is 1.33 bits per heavy atom. The van der Waals surface area contributed by atoms with Crippen molar-refractivity contribution in [2.24, 2.45) is 5.41 Å². The number of rotatable bonds is 6. The second kappa shape index (κ2) is 6.84. The highest BCUT2D eigenvalue weighted by molar-refractivity contribution is 5.26. The van der Waals surface area contributed by atoms with E-state index in [0.717, 1.165) is 44.7 Å². The van der Waals surface area contributed by atoms with Crippen molar-refractivity contribution in [2.75, 3.05) is 26.7 Å². The van der Waals surface area contributed by atoms with Crippen LogP contribution in [0.5, 0.6) is 0 Å². The van der Waals surface area contributed by atoms with Crippen LogP contribution >= 0.6 is 0 Å². The summed E-state index contributed by atoms with van der Waals surface area (Å²) >= 11 is 0. The van der Waals surface area contributed by atoms with Gasteiger partial charge in [0.15, 0.2) is 0 Å². The van der Waals surface area contributed by atoms with Crippen molar-refractivity contribution in [3.05, 3.63) is 23.3 Å². The monoisotopic (exact) mass is 290 g/mol. The highest BCUT2D eigenvalue weighted by Crippen LogP contribution is 2.39. The lowest BCUT2D eigenvalue weighted by Crippen LogP contribution is -2.33. The Morgan fingerprint density at radius 3 is 2.67 bits per heavy atom. The van der Waals surface area contributed by atoms with Gasteiger partial charge < -0.3 is 10.2 Å². The predicted molar refractivity (Wildman–Crippen MR) is 87.4 cm³/mol. The van der Waals surface area contributed by atoms with Crippen LogP contribution in [-0.4, -0.2) is 41.5 Å². The molecule has 1 N–H and O–H groups in total. The Bertz CT molecular complexity index is 466. The summed E-state index contributed by atoms with van der Waals surface area (Å²) in [6.07, 6.45) is 5.20. The third-order valence-corrected chi connectivity index (χ3v) is 4.62. The molecule has 4 nitrogen and oxygen atoms in total. The summed E-state index contributed by atoms with van der Waals surface area (Å²) < 4.78 is 0. The number of nitrogens with zero attached hydrogens (tertiary/aromatic N) is 3. The normalized spacial score (nSPS) is 20.6. The average Bonchev–Trinajstić information content (AvgIpc) is 2.46. The van der Waals surface area contributed by atoms with Crippen molar-refractivity contribution in [1.29, 1.82) is 0 Å². The third-order valence-electron chi connectivity index (χ3n) is 4.62. The molecule has 0 amide bonds. The standard InChI is InChI=1S/C17H30N4/c1-6-21(7-2)9-8-16-19-12-13-14(18-5)10-17(3,4)11-15(13)20-16/h12,14,18H,6-11H2,1-5H3. The summed E-state index contributed by atoms with van der Waals surface area (Å²) in [6.45, 7) is 12.3. The summed E-state index contributed by atoms with van der Waals surface area (Å²) in [5, 5.41) is 3.42. The van der Waals surface area contributed by atoms with Crippen molar-refractivity contribution >= 4 is 0 Å². The fraction of sp³-hybridized carbons (Fsp3) is 0.765. The van der Waals surface area contributed by atoms with Gasteiger partial charge in [0, 0.05) is 36.5 Å². The molecule has 0 aliphatic heterocycles. The van der Waals surface area contributed by atoms with Crippen LogP contribution in [0.4, 0.5) is 0 Å². The average molecular weight is 290 g/mol. The minimum Gasteiger partial charge on any atom is -0.313 e. The van der Waals surface area contributed by atoms with Gasteiger partial charge in [0.2, 0.25) is 0 Å². The number of aromatic nitrogens is 2. The Labute approximate surface area is 129 Å². The number of likely N-dealkylation sites (N-methyl/N-ethyl adjacent to an activating group) is 1. The minimum absolute atomic E-state index is 0.311. The first kappa shape index (κ1) is 16.4. The zero-order valence-electron chi connectivity index (χ0n) is 14.2. The van der Waals surface area contributed by atoms with Crippen LogP contribution in [0.2, 0.25) is 0 Å². The van der Waals surface area contributed by atoms with Gasteiger partial charge >= 0.3 is 0 Å². The van der Waals surface area contributed by atoms with Crippen molar-refractivity contribution < 1.29 is 0 Å². The molecule has 0 spiro atoms. The van der Waals surface area contributed by atoms with Crippen LogP contribution in [0, 0.1) is 5.41 Å². The van der Waals surface area contributed by atoms with Crippen LogP contribution in [-0.2, 0) is 12.8 Å². The molecular formula is C17H30N4. The maximum atomic E-state index is 4.87. The first-order valence-electron chi connectivity index (χ1n) is 8.23. The van der Waals surface area contributed by atoms with Gasteiger partial charge in [-0.25, -0.2) is 9.97 Å². The molecule has 0 saturated heterocycles. The lowest BCUT2D eigenvalue weighted by molar-refractivity contribution is 0.259. The van der Waals surface area contributed by atoms with Gasteiger partial charge in [-0.1, -0.05) is 27.7 Å². The largest absolute Gasteiger partial charge is 0.313 e. The quantitative estimate of drug-likeness (QED) is 0.874. The van der Waals surface area contributed by atoms with Crippen molar-refractivity contribution in [3.8, 4) is 0 Å². The zero-order chi connectivity index (χ0) is 15.5. The molecule has 1 atom stereocenters. The second-order valence-corrected chi connectivity index (χ2v) is 6.85. The Hall–Kier alpha value is -1.00. The van der Waals surface area contributed by atoms with E-state index in [1.165, 1.54) is 11.3 Å². The first-order valence-corrected chi connectivity index (χ1v) is 8.23. The van der Waals surface area contributed by atoms with Gasteiger partial charge in [0.25, 0.3) is 0 Å². The summed E-state index contributed by atoms with van der Waals surface area (Å²) in [4.78, 5) is 11.9. The summed E-state index contributed by atoms with van der Waals surface area (Å²) in [5.41, 5.74) is 2.85. The number of nitrogens with one attached hydrogen (secondary N) is 1. The Balaban J connectivity index is 2.14.